The van der Waals surface area contributed by atoms with Crippen LogP contribution in [0.25, 0.3) is 0 Å². The number of rotatable bonds is 2. The monoisotopic (exact) mass is 348 g/mol. The van der Waals surface area contributed by atoms with Crippen molar-refractivity contribution in [1.82, 2.24) is 4.98 Å². The van der Waals surface area contributed by atoms with E-state index in [0.29, 0.717) is 0 Å². The summed E-state index contributed by atoms with van der Waals surface area (Å²) >= 11 is 0. The van der Waals surface area contributed by atoms with Gasteiger partial charge in [-0.25, -0.2) is 4.39 Å². The molecule has 0 fully saturated rings. The van der Waals surface area contributed by atoms with E-state index in [2.05, 4.69) is 24.1 Å². The number of aromatic nitrogens is 1. The largest absolute Gasteiger partial charge is 0.326 e. The van der Waals surface area contributed by atoms with E-state index in [4.69, 9.17) is 4.99 Å². The Morgan fingerprint density at radius 1 is 1.31 bits per heavy atom. The number of pyridine rings is 1. The summed E-state index contributed by atoms with van der Waals surface area (Å²) in [7, 11) is 0. The summed E-state index contributed by atoms with van der Waals surface area (Å²) in [5, 5.41) is 0. The molecular formula is C22H21FN2O. The van der Waals surface area contributed by atoms with E-state index in [1.54, 1.807) is 18.3 Å². The molecule has 0 aliphatic heterocycles. The number of fused-ring (bicyclic) bond motifs is 4. The zero-order valence-electron chi connectivity index (χ0n) is 14.9. The molecule has 4 heteroatoms. The molecule has 0 amide bonds. The van der Waals surface area contributed by atoms with Gasteiger partial charge in [0, 0.05) is 35.9 Å². The van der Waals surface area contributed by atoms with Crippen molar-refractivity contribution in [3.63, 3.8) is 0 Å². The molecule has 2 bridgehead atoms. The maximum atomic E-state index is 13.5. The second-order valence-electron chi connectivity index (χ2n) is 7.13. The predicted octanol–water partition coefficient (Wildman–Crippen LogP) is 4.30. The Bertz CT molecular complexity index is 1010. The fourth-order valence-corrected chi connectivity index (χ4v) is 4.42. The first-order valence-corrected chi connectivity index (χ1v) is 8.89. The van der Waals surface area contributed by atoms with Crippen molar-refractivity contribution < 1.29 is 4.39 Å². The number of aliphatic imine (C=N–C) groups is 1. The van der Waals surface area contributed by atoms with Crippen molar-refractivity contribution >= 4 is 6.21 Å². The Balaban J connectivity index is 1.92. The minimum Gasteiger partial charge on any atom is -0.326 e. The van der Waals surface area contributed by atoms with Gasteiger partial charge in [0.1, 0.15) is 11.4 Å². The lowest BCUT2D eigenvalue weighted by Crippen LogP contribution is -2.40. The van der Waals surface area contributed by atoms with Crippen LogP contribution >= 0.6 is 0 Å². The first-order chi connectivity index (χ1) is 12.5. The molecule has 132 valence electrons. The average Bonchev–Trinajstić information content (AvgIpc) is 2.59. The quantitative estimate of drug-likeness (QED) is 0.638. The molecule has 26 heavy (non-hydrogen) atoms. The van der Waals surface area contributed by atoms with Crippen LogP contribution in [0.3, 0.4) is 0 Å². The number of hydrogen-bond donors (Lipinski definition) is 1. The van der Waals surface area contributed by atoms with Crippen molar-refractivity contribution in [3.05, 3.63) is 92.7 Å². The summed E-state index contributed by atoms with van der Waals surface area (Å²) in [5.41, 5.74) is 4.63. The van der Waals surface area contributed by atoms with Crippen LogP contribution in [-0.2, 0) is 12.0 Å². The maximum Gasteiger partial charge on any atom is 0.248 e. The highest BCUT2D eigenvalue weighted by Gasteiger charge is 2.46. The Hall–Kier alpha value is -2.75. The van der Waals surface area contributed by atoms with E-state index in [-0.39, 0.29) is 17.3 Å². The van der Waals surface area contributed by atoms with Crippen LogP contribution in [0.1, 0.15) is 37.1 Å². The van der Waals surface area contributed by atoms with E-state index in [9.17, 15) is 9.18 Å². The molecule has 2 atom stereocenters. The van der Waals surface area contributed by atoms with Crippen LogP contribution in [0.15, 0.2) is 69.5 Å². The summed E-state index contributed by atoms with van der Waals surface area (Å²) < 4.78 is 13.5. The Morgan fingerprint density at radius 3 is 2.92 bits per heavy atom. The van der Waals surface area contributed by atoms with Gasteiger partial charge >= 0.3 is 0 Å². The number of H-pyrrole nitrogens is 1. The Labute approximate surface area is 152 Å². The first kappa shape index (κ1) is 16.7. The Morgan fingerprint density at radius 2 is 2.15 bits per heavy atom. The van der Waals surface area contributed by atoms with E-state index in [0.717, 1.165) is 29.7 Å². The standard InChI is InChI=1S/C22H21FN2O/c1-3-18-16-9-14(2)12-22(18,19-7-8-21(26)25-20(19)11-16)24-13-15-5-4-6-17(23)10-15/h3-10,13,16H,11-12H2,1-2H3,(H,25,26). The van der Waals surface area contributed by atoms with Gasteiger partial charge in [0.05, 0.1) is 0 Å². The number of nitrogens with one attached hydrogen (secondary N) is 1. The third-order valence-electron chi connectivity index (χ3n) is 5.36. The highest BCUT2D eigenvalue weighted by molar-refractivity contribution is 5.80. The molecule has 1 aromatic carbocycles. The van der Waals surface area contributed by atoms with Gasteiger partial charge < -0.3 is 4.98 Å². The third kappa shape index (κ3) is 2.66. The number of halogens is 1. The molecule has 3 nitrogen and oxygen atoms in total. The molecule has 1 heterocycles. The van der Waals surface area contributed by atoms with Crippen LogP contribution in [0, 0.1) is 11.7 Å². The molecule has 4 rings (SSSR count). The normalized spacial score (nSPS) is 26.0. The zero-order chi connectivity index (χ0) is 18.3. The van der Waals surface area contributed by atoms with Crippen LogP contribution < -0.4 is 5.56 Å². The van der Waals surface area contributed by atoms with Crippen molar-refractivity contribution in [1.29, 1.82) is 0 Å². The third-order valence-corrected chi connectivity index (χ3v) is 5.36. The lowest BCUT2D eigenvalue weighted by atomic mass is 9.63. The van der Waals surface area contributed by atoms with Gasteiger partial charge in [-0.15, -0.1) is 0 Å². The number of benzene rings is 1. The Kier molecular flexibility index (Phi) is 3.98. The van der Waals surface area contributed by atoms with Gasteiger partial charge in [0.15, 0.2) is 0 Å². The summed E-state index contributed by atoms with van der Waals surface area (Å²) in [5.74, 6) is -0.0485. The number of aromatic amines is 1. The molecule has 0 saturated carbocycles. The average molecular weight is 348 g/mol. The molecule has 0 saturated heterocycles. The van der Waals surface area contributed by atoms with Gasteiger partial charge in [-0.3, -0.25) is 9.79 Å². The number of hydrogen-bond acceptors (Lipinski definition) is 2. The van der Waals surface area contributed by atoms with E-state index in [1.807, 2.05) is 19.1 Å². The van der Waals surface area contributed by atoms with Gasteiger partial charge in [-0.1, -0.05) is 29.9 Å². The predicted molar refractivity (Wildman–Crippen MR) is 102 cm³/mol. The SMILES string of the molecule is CC=C1C2C=C(C)CC1(N=Cc1cccc(F)c1)c1ccc(=O)[nH]c1C2. The van der Waals surface area contributed by atoms with Crippen molar-refractivity contribution in [2.75, 3.05) is 0 Å². The molecule has 2 aliphatic rings. The fraction of sp³-hybridized carbons (Fsp3) is 0.273. The molecule has 2 aliphatic carbocycles. The lowest BCUT2D eigenvalue weighted by Gasteiger charge is -2.45. The second kappa shape index (κ2) is 6.20. The van der Waals surface area contributed by atoms with E-state index < -0.39 is 5.54 Å². The van der Waals surface area contributed by atoms with Crippen molar-refractivity contribution in [2.24, 2.45) is 10.9 Å². The molecule has 1 N–H and O–H groups in total. The van der Waals surface area contributed by atoms with Crippen LogP contribution in [0.4, 0.5) is 4.39 Å². The second-order valence-corrected chi connectivity index (χ2v) is 7.13. The van der Waals surface area contributed by atoms with Gasteiger partial charge in [0.2, 0.25) is 5.56 Å². The maximum absolute atomic E-state index is 13.5. The van der Waals surface area contributed by atoms with Crippen molar-refractivity contribution in [3.8, 4) is 0 Å². The van der Waals surface area contributed by atoms with Crippen LogP contribution in [0.2, 0.25) is 0 Å². The zero-order valence-corrected chi connectivity index (χ0v) is 14.9. The molecule has 2 unspecified atom stereocenters. The van der Waals surface area contributed by atoms with Crippen LogP contribution in [-0.4, -0.2) is 11.2 Å². The number of allylic oxidation sites excluding steroid dienone is 2. The summed E-state index contributed by atoms with van der Waals surface area (Å²) in [4.78, 5) is 19.8. The van der Waals surface area contributed by atoms with E-state index in [1.165, 1.54) is 23.3 Å². The minimum absolute atomic E-state index is 0.0873. The summed E-state index contributed by atoms with van der Waals surface area (Å²) in [6.45, 7) is 4.17. The molecule has 0 spiro atoms. The van der Waals surface area contributed by atoms with Gasteiger partial charge in [-0.05, 0) is 49.6 Å². The number of nitrogens with zero attached hydrogens (tertiary/aromatic N) is 1. The lowest BCUT2D eigenvalue weighted by molar-refractivity contribution is 0.413. The topological polar surface area (TPSA) is 45.2 Å². The fourth-order valence-electron chi connectivity index (χ4n) is 4.42. The van der Waals surface area contributed by atoms with E-state index >= 15 is 0 Å². The van der Waals surface area contributed by atoms with Crippen molar-refractivity contribution in [2.45, 2.75) is 32.2 Å². The first-order valence-electron chi connectivity index (χ1n) is 8.89. The van der Waals surface area contributed by atoms with Gasteiger partial charge in [-0.2, -0.15) is 0 Å². The molecular weight excluding hydrogens is 327 g/mol. The van der Waals surface area contributed by atoms with Gasteiger partial charge in [0.25, 0.3) is 0 Å². The highest BCUT2D eigenvalue weighted by Crippen LogP contribution is 2.51. The van der Waals surface area contributed by atoms with Crippen LogP contribution in [0.5, 0.6) is 0 Å². The molecule has 1 aromatic heterocycles. The highest BCUT2D eigenvalue weighted by atomic mass is 19.1. The minimum atomic E-state index is -0.539. The molecule has 0 radical (unpaired) electrons. The smallest absolute Gasteiger partial charge is 0.248 e. The summed E-state index contributed by atoms with van der Waals surface area (Å²) in [6.07, 6.45) is 7.71. The molecule has 2 aromatic rings. The summed E-state index contributed by atoms with van der Waals surface area (Å²) in [6, 6.07) is 9.91.